The van der Waals surface area contributed by atoms with Gasteiger partial charge in [-0.1, -0.05) is 30.9 Å². The van der Waals surface area contributed by atoms with Gasteiger partial charge in [0.2, 0.25) is 10.0 Å². The molecule has 0 bridgehead atoms. The van der Waals surface area contributed by atoms with Gasteiger partial charge in [0.25, 0.3) is 10.0 Å². The lowest BCUT2D eigenvalue weighted by Crippen LogP contribution is -2.34. The highest BCUT2D eigenvalue weighted by Gasteiger charge is 2.24. The highest BCUT2D eigenvalue weighted by atomic mass is 35.5. The minimum atomic E-state index is -3.94. The van der Waals surface area contributed by atoms with Crippen molar-refractivity contribution in [3.05, 3.63) is 47.5 Å². The van der Waals surface area contributed by atoms with Crippen LogP contribution in [0.15, 0.2) is 52.3 Å². The molecular formula is C21H28ClN3O4S2. The molecule has 1 saturated carbocycles. The van der Waals surface area contributed by atoms with Crippen LogP contribution in [0.1, 0.15) is 32.1 Å². The van der Waals surface area contributed by atoms with E-state index in [4.69, 9.17) is 11.6 Å². The summed E-state index contributed by atoms with van der Waals surface area (Å²) in [6, 6.07) is 10.7. The number of anilines is 2. The third-order valence-electron chi connectivity index (χ3n) is 5.62. The Hall–Kier alpha value is -1.81. The number of nitrogens with zero attached hydrogens (tertiary/aromatic N) is 2. The highest BCUT2D eigenvalue weighted by Crippen LogP contribution is 2.34. The third kappa shape index (κ3) is 5.34. The Kier molecular flexibility index (Phi) is 7.20. The molecule has 0 radical (unpaired) electrons. The van der Waals surface area contributed by atoms with Crippen LogP contribution in [0.4, 0.5) is 11.4 Å². The van der Waals surface area contributed by atoms with Gasteiger partial charge < -0.3 is 4.90 Å². The number of nitrogens with one attached hydrogen (secondary N) is 1. The van der Waals surface area contributed by atoms with E-state index in [2.05, 4.69) is 9.62 Å². The van der Waals surface area contributed by atoms with Gasteiger partial charge in [0.05, 0.1) is 21.2 Å². The quantitative estimate of drug-likeness (QED) is 0.636. The van der Waals surface area contributed by atoms with Crippen molar-refractivity contribution in [2.45, 2.75) is 47.9 Å². The van der Waals surface area contributed by atoms with E-state index in [1.807, 2.05) is 13.1 Å². The molecule has 1 N–H and O–H groups in total. The summed E-state index contributed by atoms with van der Waals surface area (Å²) in [6.07, 6.45) is 5.67. The molecule has 0 spiro atoms. The van der Waals surface area contributed by atoms with Crippen LogP contribution in [-0.2, 0) is 20.0 Å². The fraction of sp³-hybridized carbons (Fsp3) is 0.429. The normalized spacial score (nSPS) is 15.8. The lowest BCUT2D eigenvalue weighted by molar-refractivity contribution is 0.428. The molecule has 0 heterocycles. The first-order valence-corrected chi connectivity index (χ1v) is 13.4. The molecule has 31 heavy (non-hydrogen) atoms. The summed E-state index contributed by atoms with van der Waals surface area (Å²) in [4.78, 5) is 2.11. The van der Waals surface area contributed by atoms with Crippen LogP contribution < -0.4 is 9.62 Å². The van der Waals surface area contributed by atoms with Crippen LogP contribution >= 0.6 is 11.6 Å². The van der Waals surface area contributed by atoms with Gasteiger partial charge in [-0.05, 0) is 55.3 Å². The molecule has 3 rings (SSSR count). The van der Waals surface area contributed by atoms with Crippen LogP contribution in [0.25, 0.3) is 0 Å². The van der Waals surface area contributed by atoms with Gasteiger partial charge in [0.1, 0.15) is 0 Å². The summed E-state index contributed by atoms with van der Waals surface area (Å²) >= 11 is 6.16. The summed E-state index contributed by atoms with van der Waals surface area (Å²) in [7, 11) is -2.77. The van der Waals surface area contributed by atoms with Crippen molar-refractivity contribution in [1.82, 2.24) is 4.31 Å². The molecule has 2 aromatic carbocycles. The van der Waals surface area contributed by atoms with E-state index in [0.717, 1.165) is 35.7 Å². The standard InChI is InChI=1S/C21H28ClN3O4S2/c1-24(2)31(28,29)19-12-10-18(11-13-19)30(26,27)23-20-15-16(22)9-14-21(20)25(3)17-7-5-4-6-8-17/h9-15,17,23H,4-8H2,1-3H3. The first-order chi connectivity index (χ1) is 14.5. The van der Waals surface area contributed by atoms with Crippen LogP contribution in [0, 0.1) is 0 Å². The molecule has 1 fully saturated rings. The Bertz CT molecular complexity index is 1130. The zero-order valence-electron chi connectivity index (χ0n) is 17.9. The summed E-state index contributed by atoms with van der Waals surface area (Å²) in [5.74, 6) is 0. The Labute approximate surface area is 190 Å². The minimum absolute atomic E-state index is 0.0249. The number of rotatable bonds is 7. The van der Waals surface area contributed by atoms with Crippen LogP contribution in [0.2, 0.25) is 5.02 Å². The smallest absolute Gasteiger partial charge is 0.261 e. The fourth-order valence-electron chi connectivity index (χ4n) is 3.77. The lowest BCUT2D eigenvalue weighted by Gasteiger charge is -2.34. The number of halogens is 1. The molecule has 0 atom stereocenters. The maximum absolute atomic E-state index is 13.0. The second-order valence-corrected chi connectivity index (χ2v) is 12.2. The first kappa shape index (κ1) is 23.8. The Morgan fingerprint density at radius 1 is 0.871 bits per heavy atom. The molecule has 1 aliphatic rings. The monoisotopic (exact) mass is 485 g/mol. The van der Waals surface area contributed by atoms with Crippen molar-refractivity contribution in [2.24, 2.45) is 0 Å². The maximum atomic E-state index is 13.0. The summed E-state index contributed by atoms with van der Waals surface area (Å²) in [5, 5.41) is 0.422. The molecule has 170 valence electrons. The highest BCUT2D eigenvalue weighted by molar-refractivity contribution is 7.92. The second-order valence-electron chi connectivity index (χ2n) is 7.93. The van der Waals surface area contributed by atoms with Crippen LogP contribution in [-0.4, -0.2) is 48.3 Å². The molecule has 0 amide bonds. The van der Waals surface area contributed by atoms with Gasteiger partial charge in [-0.15, -0.1) is 0 Å². The molecule has 0 aromatic heterocycles. The average molecular weight is 486 g/mol. The average Bonchev–Trinajstić information content (AvgIpc) is 2.74. The van der Waals surface area contributed by atoms with Crippen molar-refractivity contribution in [3.63, 3.8) is 0 Å². The molecule has 7 nitrogen and oxygen atoms in total. The lowest BCUT2D eigenvalue weighted by atomic mass is 9.94. The van der Waals surface area contributed by atoms with Crippen LogP contribution in [0.5, 0.6) is 0 Å². The Morgan fingerprint density at radius 2 is 1.45 bits per heavy atom. The topological polar surface area (TPSA) is 86.8 Å². The molecular weight excluding hydrogens is 458 g/mol. The van der Waals surface area contributed by atoms with Gasteiger partial charge in [-0.3, -0.25) is 4.72 Å². The van der Waals surface area contributed by atoms with E-state index in [9.17, 15) is 16.8 Å². The molecule has 0 aliphatic heterocycles. The first-order valence-electron chi connectivity index (χ1n) is 10.1. The van der Waals surface area contributed by atoms with Crippen LogP contribution in [0.3, 0.4) is 0 Å². The van der Waals surface area contributed by atoms with Gasteiger partial charge in [-0.2, -0.15) is 0 Å². The number of benzene rings is 2. The SMILES string of the molecule is CN(c1ccc(Cl)cc1NS(=O)(=O)c1ccc(S(=O)(=O)N(C)C)cc1)C1CCCCC1. The number of hydrogen-bond donors (Lipinski definition) is 1. The van der Waals surface area contributed by atoms with Gasteiger partial charge in [0.15, 0.2) is 0 Å². The predicted molar refractivity (Wildman–Crippen MR) is 125 cm³/mol. The van der Waals surface area contributed by atoms with E-state index < -0.39 is 20.0 Å². The van der Waals surface area contributed by atoms with Crippen molar-refractivity contribution < 1.29 is 16.8 Å². The summed E-state index contributed by atoms with van der Waals surface area (Å²) < 4.78 is 54.2. The van der Waals surface area contributed by atoms with Gasteiger partial charge in [0, 0.05) is 32.2 Å². The number of sulfonamides is 2. The van der Waals surface area contributed by atoms with Crippen molar-refractivity contribution in [1.29, 1.82) is 0 Å². The fourth-order valence-corrected chi connectivity index (χ4v) is 5.91. The summed E-state index contributed by atoms with van der Waals surface area (Å²) in [6.45, 7) is 0. The molecule has 10 heteroatoms. The van der Waals surface area contributed by atoms with Gasteiger partial charge >= 0.3 is 0 Å². The van der Waals surface area contributed by atoms with E-state index in [1.54, 1.807) is 12.1 Å². The second kappa shape index (κ2) is 9.36. The van der Waals surface area contributed by atoms with E-state index in [1.165, 1.54) is 44.8 Å². The van der Waals surface area contributed by atoms with E-state index in [-0.39, 0.29) is 9.79 Å². The molecule has 2 aromatic rings. The molecule has 0 saturated heterocycles. The predicted octanol–water partition coefficient (Wildman–Crippen LogP) is 4.16. The zero-order chi connectivity index (χ0) is 22.8. The summed E-state index contributed by atoms with van der Waals surface area (Å²) in [5.41, 5.74) is 1.15. The minimum Gasteiger partial charge on any atom is -0.370 e. The molecule has 1 aliphatic carbocycles. The van der Waals surface area contributed by atoms with E-state index in [0.29, 0.717) is 16.8 Å². The zero-order valence-corrected chi connectivity index (χ0v) is 20.3. The Balaban J connectivity index is 1.90. The van der Waals surface area contributed by atoms with Crippen molar-refractivity contribution >= 4 is 43.0 Å². The van der Waals surface area contributed by atoms with Crippen molar-refractivity contribution in [3.8, 4) is 0 Å². The van der Waals surface area contributed by atoms with E-state index >= 15 is 0 Å². The number of hydrogen-bond acceptors (Lipinski definition) is 5. The molecule has 0 unspecified atom stereocenters. The third-order valence-corrected chi connectivity index (χ3v) is 9.06. The van der Waals surface area contributed by atoms with Gasteiger partial charge in [-0.25, -0.2) is 21.1 Å². The Morgan fingerprint density at radius 3 is 2.03 bits per heavy atom. The largest absolute Gasteiger partial charge is 0.370 e. The van der Waals surface area contributed by atoms with Crippen molar-refractivity contribution in [2.75, 3.05) is 30.8 Å². The maximum Gasteiger partial charge on any atom is 0.261 e.